The molecule has 9 nitrogen and oxygen atoms in total. The van der Waals surface area contributed by atoms with Gasteiger partial charge in [0.2, 0.25) is 0 Å². The van der Waals surface area contributed by atoms with Gasteiger partial charge in [-0.25, -0.2) is 0 Å². The van der Waals surface area contributed by atoms with Crippen molar-refractivity contribution in [3.8, 4) is 0 Å². The van der Waals surface area contributed by atoms with Gasteiger partial charge in [0.1, 0.15) is 5.76 Å². The summed E-state index contributed by atoms with van der Waals surface area (Å²) in [6.45, 7) is 6.05. The summed E-state index contributed by atoms with van der Waals surface area (Å²) in [5.41, 5.74) is 3.09. The lowest BCUT2D eigenvalue weighted by molar-refractivity contribution is 0.0822. The van der Waals surface area contributed by atoms with Gasteiger partial charge >= 0.3 is 0 Å². The van der Waals surface area contributed by atoms with Crippen LogP contribution in [0.1, 0.15) is 43.9 Å². The highest BCUT2D eigenvalue weighted by molar-refractivity contribution is 9.10. The van der Waals surface area contributed by atoms with E-state index < -0.39 is 5.91 Å². The number of hydrogen-bond acceptors (Lipinski definition) is 5. The van der Waals surface area contributed by atoms with Crippen molar-refractivity contribution in [2.45, 2.75) is 27.3 Å². The van der Waals surface area contributed by atoms with Crippen LogP contribution in [0.3, 0.4) is 0 Å². The number of aryl methyl sites for hydroxylation is 2. The Morgan fingerprint density at radius 3 is 2.45 bits per heavy atom. The Morgan fingerprint density at radius 1 is 1.17 bits per heavy atom. The third kappa shape index (κ3) is 3.98. The van der Waals surface area contributed by atoms with Gasteiger partial charge in [0, 0.05) is 21.1 Å². The standard InChI is InChI=1S/C19H23BrN6O3/c1-10-15(20)11(2)26(22-10)9-13-7-8-14(29-13)18(27)21-16-12(3)25(6)23-17(16)19(28)24(4)5/h7-8H,9H2,1-6H3,(H,21,27). The summed E-state index contributed by atoms with van der Waals surface area (Å²) in [7, 11) is 4.98. The van der Waals surface area contributed by atoms with Gasteiger partial charge in [-0.3, -0.25) is 19.0 Å². The van der Waals surface area contributed by atoms with E-state index in [0.29, 0.717) is 23.7 Å². The maximum atomic E-state index is 12.7. The molecule has 0 aromatic carbocycles. The molecule has 0 spiro atoms. The average molecular weight is 463 g/mol. The van der Waals surface area contributed by atoms with Gasteiger partial charge in [0.05, 0.1) is 33.8 Å². The molecule has 2 amide bonds. The first-order chi connectivity index (χ1) is 13.6. The van der Waals surface area contributed by atoms with Crippen molar-refractivity contribution in [2.75, 3.05) is 19.4 Å². The van der Waals surface area contributed by atoms with Gasteiger partial charge in [-0.15, -0.1) is 0 Å². The molecule has 0 saturated carbocycles. The minimum atomic E-state index is -0.449. The molecule has 0 radical (unpaired) electrons. The zero-order valence-electron chi connectivity index (χ0n) is 17.2. The number of aromatic nitrogens is 4. The lowest BCUT2D eigenvalue weighted by Crippen LogP contribution is -2.24. The average Bonchev–Trinajstić information content (AvgIpc) is 3.31. The van der Waals surface area contributed by atoms with Crippen LogP contribution >= 0.6 is 15.9 Å². The molecule has 0 atom stereocenters. The predicted octanol–water partition coefficient (Wildman–Crippen LogP) is 2.90. The largest absolute Gasteiger partial charge is 0.454 e. The van der Waals surface area contributed by atoms with E-state index in [9.17, 15) is 9.59 Å². The third-order valence-electron chi connectivity index (χ3n) is 4.67. The van der Waals surface area contributed by atoms with Gasteiger partial charge in [-0.2, -0.15) is 10.2 Å². The number of halogens is 1. The molecule has 0 unspecified atom stereocenters. The zero-order chi connectivity index (χ0) is 21.5. The lowest BCUT2D eigenvalue weighted by Gasteiger charge is -2.10. The summed E-state index contributed by atoms with van der Waals surface area (Å²) >= 11 is 3.50. The lowest BCUT2D eigenvalue weighted by atomic mass is 10.2. The molecule has 0 aliphatic rings. The van der Waals surface area contributed by atoms with Gasteiger partial charge in [-0.05, 0) is 48.8 Å². The normalized spacial score (nSPS) is 11.0. The Labute approximate surface area is 176 Å². The summed E-state index contributed by atoms with van der Waals surface area (Å²) in [6.07, 6.45) is 0. The fourth-order valence-electron chi connectivity index (χ4n) is 2.86. The second-order valence-corrected chi connectivity index (χ2v) is 7.79. The van der Waals surface area contributed by atoms with Crippen LogP contribution in [0.15, 0.2) is 21.0 Å². The van der Waals surface area contributed by atoms with Crippen molar-refractivity contribution in [1.29, 1.82) is 0 Å². The number of nitrogens with one attached hydrogen (secondary N) is 1. The molecular weight excluding hydrogens is 440 g/mol. The van der Waals surface area contributed by atoms with Crippen LogP contribution in [0.5, 0.6) is 0 Å². The summed E-state index contributed by atoms with van der Waals surface area (Å²) in [4.78, 5) is 26.5. The molecule has 154 valence electrons. The summed E-state index contributed by atoms with van der Waals surface area (Å²) in [6, 6.07) is 3.34. The first-order valence-electron chi connectivity index (χ1n) is 8.95. The maximum Gasteiger partial charge on any atom is 0.291 e. The Kier molecular flexibility index (Phi) is 5.65. The number of nitrogens with zero attached hydrogens (tertiary/aromatic N) is 5. The molecular formula is C19H23BrN6O3. The molecule has 3 aromatic rings. The highest BCUT2D eigenvalue weighted by Gasteiger charge is 2.24. The van der Waals surface area contributed by atoms with Crippen LogP contribution in [-0.2, 0) is 13.6 Å². The number of carbonyl (C=O) groups is 2. The van der Waals surface area contributed by atoms with Gasteiger partial charge in [0.15, 0.2) is 11.5 Å². The quantitative estimate of drug-likeness (QED) is 0.628. The van der Waals surface area contributed by atoms with Gasteiger partial charge in [0.25, 0.3) is 11.8 Å². The SMILES string of the molecule is Cc1nn(Cc2ccc(C(=O)Nc3c(C(=O)N(C)C)nn(C)c3C)o2)c(C)c1Br. The molecule has 29 heavy (non-hydrogen) atoms. The van der Waals surface area contributed by atoms with Crippen LogP contribution in [0.25, 0.3) is 0 Å². The number of hydrogen-bond donors (Lipinski definition) is 1. The molecule has 3 heterocycles. The van der Waals surface area contributed by atoms with Crippen LogP contribution in [0.2, 0.25) is 0 Å². The Hall–Kier alpha value is -2.88. The van der Waals surface area contributed by atoms with Crippen molar-refractivity contribution >= 4 is 33.4 Å². The minimum absolute atomic E-state index is 0.145. The highest BCUT2D eigenvalue weighted by atomic mass is 79.9. The number of anilines is 1. The van der Waals surface area contributed by atoms with Crippen molar-refractivity contribution < 1.29 is 14.0 Å². The highest BCUT2D eigenvalue weighted by Crippen LogP contribution is 2.23. The fraction of sp³-hybridized carbons (Fsp3) is 0.368. The van der Waals surface area contributed by atoms with Crippen LogP contribution in [0.4, 0.5) is 5.69 Å². The molecule has 1 N–H and O–H groups in total. The van der Waals surface area contributed by atoms with E-state index in [1.165, 1.54) is 4.90 Å². The molecule has 0 bridgehead atoms. The Balaban J connectivity index is 1.81. The van der Waals surface area contributed by atoms with E-state index >= 15 is 0 Å². The Morgan fingerprint density at radius 2 is 1.86 bits per heavy atom. The zero-order valence-corrected chi connectivity index (χ0v) is 18.8. The number of rotatable bonds is 5. The predicted molar refractivity (Wildman–Crippen MR) is 111 cm³/mol. The van der Waals surface area contributed by atoms with Crippen molar-refractivity contribution in [3.05, 3.63) is 50.9 Å². The number of carbonyl (C=O) groups excluding carboxylic acids is 2. The number of furan rings is 1. The molecule has 10 heteroatoms. The van der Waals surface area contributed by atoms with E-state index in [4.69, 9.17) is 4.42 Å². The molecule has 0 aliphatic carbocycles. The van der Waals surface area contributed by atoms with Crippen molar-refractivity contribution in [3.63, 3.8) is 0 Å². The second-order valence-electron chi connectivity index (χ2n) is 6.99. The molecule has 0 aliphatic heterocycles. The molecule has 0 fully saturated rings. The van der Waals surface area contributed by atoms with Gasteiger partial charge < -0.3 is 14.6 Å². The van der Waals surface area contributed by atoms with E-state index in [-0.39, 0.29) is 17.4 Å². The van der Waals surface area contributed by atoms with E-state index in [1.54, 1.807) is 49.6 Å². The minimum Gasteiger partial charge on any atom is -0.454 e. The monoisotopic (exact) mass is 462 g/mol. The van der Waals surface area contributed by atoms with E-state index in [1.807, 2.05) is 13.8 Å². The fourth-order valence-corrected chi connectivity index (χ4v) is 3.14. The molecule has 3 rings (SSSR count). The first-order valence-corrected chi connectivity index (χ1v) is 9.74. The second kappa shape index (κ2) is 7.86. The Bertz CT molecular complexity index is 1090. The molecule has 3 aromatic heterocycles. The first kappa shape index (κ1) is 20.8. The summed E-state index contributed by atoms with van der Waals surface area (Å²) in [5.74, 6) is 0.00166. The van der Waals surface area contributed by atoms with E-state index in [0.717, 1.165) is 15.9 Å². The smallest absolute Gasteiger partial charge is 0.291 e. The summed E-state index contributed by atoms with van der Waals surface area (Å²) < 4.78 is 10.0. The topological polar surface area (TPSA) is 98.2 Å². The number of amides is 2. The van der Waals surface area contributed by atoms with Crippen molar-refractivity contribution in [1.82, 2.24) is 24.5 Å². The third-order valence-corrected chi connectivity index (χ3v) is 5.81. The maximum absolute atomic E-state index is 12.7. The van der Waals surface area contributed by atoms with Gasteiger partial charge in [-0.1, -0.05) is 0 Å². The van der Waals surface area contributed by atoms with Crippen molar-refractivity contribution in [2.24, 2.45) is 7.05 Å². The van der Waals surface area contributed by atoms with Crippen LogP contribution < -0.4 is 5.32 Å². The van der Waals surface area contributed by atoms with Crippen LogP contribution in [-0.4, -0.2) is 50.4 Å². The van der Waals surface area contributed by atoms with Crippen LogP contribution in [0, 0.1) is 20.8 Å². The molecule has 0 saturated heterocycles. The summed E-state index contributed by atoms with van der Waals surface area (Å²) in [5, 5.41) is 11.4. The van der Waals surface area contributed by atoms with E-state index in [2.05, 4.69) is 31.4 Å².